The number of hydrogen-bond donors (Lipinski definition) is 1. The van der Waals surface area contributed by atoms with Crippen molar-refractivity contribution in [2.75, 3.05) is 0 Å². The number of nitrogens with zero attached hydrogens (tertiary/aromatic N) is 2. The molecule has 1 N–H and O–H groups in total. The molecule has 1 aromatic carbocycles. The van der Waals surface area contributed by atoms with E-state index in [0.29, 0.717) is 5.39 Å². The summed E-state index contributed by atoms with van der Waals surface area (Å²) in [5, 5.41) is 0.657. The first-order valence-corrected chi connectivity index (χ1v) is 6.16. The highest BCUT2D eigenvalue weighted by molar-refractivity contribution is 7.79. The summed E-state index contributed by atoms with van der Waals surface area (Å²) >= 11 is 15.0. The van der Waals surface area contributed by atoms with Crippen LogP contribution in [0.1, 0.15) is 0 Å². The smallest absolute Gasteiger partial charge is 0.224 e. The fourth-order valence-electron chi connectivity index (χ4n) is 1.24. The third kappa shape index (κ3) is 2.14. The lowest BCUT2D eigenvalue weighted by Gasteiger charge is -2.04. The van der Waals surface area contributed by atoms with Gasteiger partial charge in [0.2, 0.25) is 5.28 Å². The average Bonchev–Trinajstić information content (AvgIpc) is 2.18. The van der Waals surface area contributed by atoms with Gasteiger partial charge in [0.25, 0.3) is 0 Å². The van der Waals surface area contributed by atoms with E-state index in [1.54, 1.807) is 0 Å². The maximum absolute atomic E-state index is 11.1. The molecule has 0 saturated carbocycles. The molecule has 0 aliphatic rings. The molecule has 0 spiro atoms. The zero-order valence-electron chi connectivity index (χ0n) is 7.45. The summed E-state index contributed by atoms with van der Waals surface area (Å²) in [6.45, 7) is 0. The van der Waals surface area contributed by atoms with Crippen molar-refractivity contribution in [1.82, 2.24) is 9.97 Å². The van der Waals surface area contributed by atoms with Crippen molar-refractivity contribution >= 4 is 56.8 Å². The van der Waals surface area contributed by atoms with Gasteiger partial charge in [0.15, 0.2) is 11.1 Å². The van der Waals surface area contributed by atoms with Crippen LogP contribution in [-0.4, -0.2) is 18.7 Å². The van der Waals surface area contributed by atoms with Crippen LogP contribution in [0.3, 0.4) is 0 Å². The third-order valence-electron chi connectivity index (χ3n) is 1.84. The first kappa shape index (κ1) is 12.0. The Hall–Kier alpha value is -0.460. The molecule has 2 aromatic rings. The number of halogens is 3. The largest absolute Gasteiger partial charge is 0.302 e. The highest BCUT2D eigenvalue weighted by atomic mass is 35.5. The second-order valence-corrected chi connectivity index (χ2v) is 4.90. The first-order valence-electron chi connectivity index (χ1n) is 3.92. The minimum atomic E-state index is -2.22. The van der Waals surface area contributed by atoms with Gasteiger partial charge in [0.05, 0.1) is 10.4 Å². The lowest BCUT2D eigenvalue weighted by molar-refractivity contribution is 0.565. The van der Waals surface area contributed by atoms with E-state index in [0.717, 1.165) is 0 Å². The minimum Gasteiger partial charge on any atom is -0.302 e. The van der Waals surface area contributed by atoms with Crippen molar-refractivity contribution in [3.8, 4) is 0 Å². The monoisotopic (exact) mass is 296 g/mol. The van der Waals surface area contributed by atoms with Crippen LogP contribution in [0, 0.1) is 0 Å². The summed E-state index contributed by atoms with van der Waals surface area (Å²) in [7, 11) is 0. The Morgan fingerprint density at radius 1 is 1.19 bits per heavy atom. The standard InChI is InChI=1S/C8H3Cl3N2O2S/c9-3-1-4-6(5(2-3)16(14)15)12-8(11)13-7(4)10/h1-2H,(H,14,15). The van der Waals surface area contributed by atoms with Crippen LogP contribution in [0.5, 0.6) is 0 Å². The third-order valence-corrected chi connectivity index (χ3v) is 3.21. The van der Waals surface area contributed by atoms with Gasteiger partial charge in [-0.25, -0.2) is 14.2 Å². The number of aromatic nitrogens is 2. The van der Waals surface area contributed by atoms with E-state index in [-0.39, 0.29) is 25.9 Å². The molecule has 84 valence electrons. The molecule has 2 rings (SSSR count). The molecule has 1 atom stereocenters. The molecule has 0 aliphatic heterocycles. The highest BCUT2D eigenvalue weighted by Crippen LogP contribution is 2.29. The fraction of sp³-hybridized carbons (Fsp3) is 0. The van der Waals surface area contributed by atoms with Crippen LogP contribution in [0.2, 0.25) is 15.5 Å². The van der Waals surface area contributed by atoms with Crippen LogP contribution in [0.4, 0.5) is 0 Å². The summed E-state index contributed by atoms with van der Waals surface area (Å²) in [5.41, 5.74) is 0.218. The molecule has 0 radical (unpaired) electrons. The summed E-state index contributed by atoms with van der Waals surface area (Å²) in [6, 6.07) is 2.84. The van der Waals surface area contributed by atoms with Crippen molar-refractivity contribution < 1.29 is 8.76 Å². The zero-order valence-corrected chi connectivity index (χ0v) is 10.5. The Bertz CT molecular complexity index is 605. The van der Waals surface area contributed by atoms with E-state index >= 15 is 0 Å². The lowest BCUT2D eigenvalue weighted by Crippen LogP contribution is -1.95. The molecule has 0 bridgehead atoms. The van der Waals surface area contributed by atoms with E-state index < -0.39 is 11.1 Å². The van der Waals surface area contributed by atoms with Gasteiger partial charge in [-0.15, -0.1) is 0 Å². The average molecular weight is 298 g/mol. The van der Waals surface area contributed by atoms with Crippen molar-refractivity contribution in [2.45, 2.75) is 4.90 Å². The number of benzene rings is 1. The molecule has 16 heavy (non-hydrogen) atoms. The van der Waals surface area contributed by atoms with Gasteiger partial charge in [-0.1, -0.05) is 23.2 Å². The molecular weight excluding hydrogens is 295 g/mol. The molecule has 1 heterocycles. The van der Waals surface area contributed by atoms with Crippen LogP contribution in [0.15, 0.2) is 17.0 Å². The van der Waals surface area contributed by atoms with Gasteiger partial charge in [-0.05, 0) is 23.7 Å². The number of hydrogen-bond acceptors (Lipinski definition) is 3. The number of fused-ring (bicyclic) bond motifs is 1. The Kier molecular flexibility index (Phi) is 3.32. The Balaban J connectivity index is 2.95. The molecule has 0 saturated heterocycles. The quantitative estimate of drug-likeness (QED) is 0.499. The van der Waals surface area contributed by atoms with Gasteiger partial charge in [0.1, 0.15) is 5.15 Å². The van der Waals surface area contributed by atoms with Crippen LogP contribution in [-0.2, 0) is 11.1 Å². The van der Waals surface area contributed by atoms with Crippen molar-refractivity contribution in [2.24, 2.45) is 0 Å². The van der Waals surface area contributed by atoms with Gasteiger partial charge >= 0.3 is 0 Å². The molecule has 1 aromatic heterocycles. The molecule has 0 fully saturated rings. The molecule has 0 amide bonds. The Morgan fingerprint density at radius 3 is 2.50 bits per heavy atom. The van der Waals surface area contributed by atoms with Crippen LogP contribution in [0.25, 0.3) is 10.9 Å². The van der Waals surface area contributed by atoms with E-state index in [1.807, 2.05) is 0 Å². The normalized spacial score (nSPS) is 13.0. The zero-order chi connectivity index (χ0) is 11.9. The molecule has 0 aliphatic carbocycles. The minimum absolute atomic E-state index is 0.0497. The van der Waals surface area contributed by atoms with Crippen molar-refractivity contribution in [1.29, 1.82) is 0 Å². The van der Waals surface area contributed by atoms with E-state index in [4.69, 9.17) is 39.4 Å². The van der Waals surface area contributed by atoms with Crippen LogP contribution >= 0.6 is 34.8 Å². The molecule has 1 unspecified atom stereocenters. The van der Waals surface area contributed by atoms with Crippen molar-refractivity contribution in [3.05, 3.63) is 27.6 Å². The first-order chi connectivity index (χ1) is 7.49. The Morgan fingerprint density at radius 2 is 1.88 bits per heavy atom. The highest BCUT2D eigenvalue weighted by Gasteiger charge is 2.13. The summed E-state index contributed by atoms with van der Waals surface area (Å²) in [6.07, 6.45) is 0. The van der Waals surface area contributed by atoms with E-state index in [9.17, 15) is 4.21 Å². The van der Waals surface area contributed by atoms with Gasteiger partial charge in [0, 0.05) is 10.4 Å². The predicted molar refractivity (Wildman–Crippen MR) is 63.6 cm³/mol. The fourth-order valence-corrected chi connectivity index (χ4v) is 2.51. The molecule has 8 heteroatoms. The Labute approximate surface area is 108 Å². The lowest BCUT2D eigenvalue weighted by atomic mass is 10.2. The summed E-state index contributed by atoms with van der Waals surface area (Å²) in [4.78, 5) is 7.63. The van der Waals surface area contributed by atoms with E-state index in [1.165, 1.54) is 12.1 Å². The maximum atomic E-state index is 11.1. The summed E-state index contributed by atoms with van der Waals surface area (Å²) in [5.74, 6) is 0. The second kappa shape index (κ2) is 4.43. The van der Waals surface area contributed by atoms with Crippen LogP contribution < -0.4 is 0 Å². The molecular formula is C8H3Cl3N2O2S. The van der Waals surface area contributed by atoms with E-state index in [2.05, 4.69) is 9.97 Å². The SMILES string of the molecule is O=S(O)c1cc(Cl)cc2c(Cl)nc(Cl)nc12. The second-order valence-electron chi connectivity index (χ2n) is 2.83. The maximum Gasteiger partial charge on any atom is 0.224 e. The molecule has 4 nitrogen and oxygen atoms in total. The van der Waals surface area contributed by atoms with Gasteiger partial charge in [-0.3, -0.25) is 0 Å². The number of rotatable bonds is 1. The van der Waals surface area contributed by atoms with Gasteiger partial charge < -0.3 is 4.55 Å². The van der Waals surface area contributed by atoms with Gasteiger partial charge in [-0.2, -0.15) is 0 Å². The summed E-state index contributed by atoms with van der Waals surface area (Å²) < 4.78 is 20.2. The predicted octanol–water partition coefficient (Wildman–Crippen LogP) is 3.17. The van der Waals surface area contributed by atoms with Crippen molar-refractivity contribution in [3.63, 3.8) is 0 Å². The topological polar surface area (TPSA) is 63.1 Å².